The monoisotopic (exact) mass is 380 g/mol. The van der Waals surface area contributed by atoms with Gasteiger partial charge in [-0.2, -0.15) is 9.40 Å². The molecule has 0 aromatic carbocycles. The second-order valence-corrected chi connectivity index (χ2v) is 9.14. The average Bonchev–Trinajstić information content (AvgIpc) is 3.10. The van der Waals surface area contributed by atoms with Crippen LogP contribution in [-0.4, -0.2) is 51.7 Å². The fraction of sp³-hybridized carbons (Fsp3) is 0.647. The normalized spacial score (nSPS) is 19.4. The molecule has 3 rings (SSSR count). The van der Waals surface area contributed by atoms with E-state index in [4.69, 9.17) is 0 Å². The molecule has 0 radical (unpaired) electrons. The van der Waals surface area contributed by atoms with E-state index in [1.165, 1.54) is 0 Å². The fourth-order valence-corrected chi connectivity index (χ4v) is 5.55. The van der Waals surface area contributed by atoms with Crippen LogP contribution in [-0.2, 0) is 23.6 Å². The smallest absolute Gasteiger partial charge is 0.247 e. The van der Waals surface area contributed by atoms with Crippen LogP contribution in [0.5, 0.6) is 0 Å². The molecule has 8 nitrogen and oxygen atoms in total. The van der Waals surface area contributed by atoms with Crippen molar-refractivity contribution in [3.8, 4) is 0 Å². The van der Waals surface area contributed by atoms with E-state index in [2.05, 4.69) is 29.2 Å². The predicted octanol–water partition coefficient (Wildman–Crippen LogP) is 1.22. The predicted molar refractivity (Wildman–Crippen MR) is 99.2 cm³/mol. The quantitative estimate of drug-likeness (QED) is 0.843. The molecule has 0 aliphatic carbocycles. The number of imidazole rings is 1. The van der Waals surface area contributed by atoms with Crippen molar-refractivity contribution in [1.29, 1.82) is 0 Å². The number of hydrogen-bond acceptors (Lipinski definition) is 5. The van der Waals surface area contributed by atoms with E-state index in [0.717, 1.165) is 5.82 Å². The Morgan fingerprint density at radius 3 is 2.69 bits per heavy atom. The van der Waals surface area contributed by atoms with Crippen molar-refractivity contribution >= 4 is 10.0 Å². The van der Waals surface area contributed by atoms with Crippen LogP contribution in [0.3, 0.4) is 0 Å². The van der Waals surface area contributed by atoms with Crippen molar-refractivity contribution in [3.63, 3.8) is 0 Å². The van der Waals surface area contributed by atoms with E-state index in [-0.39, 0.29) is 6.04 Å². The number of nitrogens with one attached hydrogen (secondary N) is 1. The molecule has 144 valence electrons. The first-order valence-corrected chi connectivity index (χ1v) is 10.4. The number of nitrogens with zero attached hydrogens (tertiary/aromatic N) is 5. The van der Waals surface area contributed by atoms with Crippen molar-refractivity contribution in [2.75, 3.05) is 19.6 Å². The Hall–Kier alpha value is -1.71. The lowest BCUT2D eigenvalue weighted by atomic mass is 10.2. The van der Waals surface area contributed by atoms with Crippen LogP contribution >= 0.6 is 0 Å². The van der Waals surface area contributed by atoms with Crippen LogP contribution < -0.4 is 5.32 Å². The maximum atomic E-state index is 13.6. The average molecular weight is 381 g/mol. The maximum absolute atomic E-state index is 13.6. The number of piperazine rings is 1. The van der Waals surface area contributed by atoms with E-state index in [1.807, 2.05) is 29.4 Å². The molecule has 3 heterocycles. The van der Waals surface area contributed by atoms with E-state index >= 15 is 0 Å². The van der Waals surface area contributed by atoms with Gasteiger partial charge in [0.2, 0.25) is 10.0 Å². The van der Waals surface area contributed by atoms with E-state index in [1.54, 1.807) is 17.4 Å². The largest absolute Gasteiger partial charge is 0.337 e. The molecule has 1 aliphatic heterocycles. The first kappa shape index (κ1) is 19.1. The topological polar surface area (TPSA) is 85.1 Å². The Bertz CT molecular complexity index is 883. The molecule has 1 saturated heterocycles. The van der Waals surface area contributed by atoms with Crippen LogP contribution in [0.1, 0.15) is 37.1 Å². The van der Waals surface area contributed by atoms with Crippen LogP contribution in [0, 0.1) is 19.8 Å². The van der Waals surface area contributed by atoms with Gasteiger partial charge >= 0.3 is 0 Å². The zero-order valence-corrected chi connectivity index (χ0v) is 16.9. The van der Waals surface area contributed by atoms with Gasteiger partial charge in [-0.3, -0.25) is 4.68 Å². The van der Waals surface area contributed by atoms with Gasteiger partial charge in [-0.15, -0.1) is 0 Å². The molecule has 0 amide bonds. The number of sulfonamides is 1. The van der Waals surface area contributed by atoms with Gasteiger partial charge in [0, 0.05) is 45.6 Å². The summed E-state index contributed by atoms with van der Waals surface area (Å²) in [7, 11) is -1.79. The molecule has 1 N–H and O–H groups in total. The summed E-state index contributed by atoms with van der Waals surface area (Å²) in [6.45, 7) is 10.1. The SMILES string of the molecule is Cc1nn(CC(C)C)c(C)c1S(=O)(=O)N1CCNCC1c1nccn1C. The molecule has 1 fully saturated rings. The zero-order chi connectivity index (χ0) is 19.1. The highest BCUT2D eigenvalue weighted by Gasteiger charge is 2.39. The molecule has 2 aromatic heterocycles. The molecule has 2 aromatic rings. The molecule has 0 saturated carbocycles. The van der Waals surface area contributed by atoms with Gasteiger partial charge in [0.25, 0.3) is 0 Å². The van der Waals surface area contributed by atoms with E-state index in [9.17, 15) is 8.42 Å². The van der Waals surface area contributed by atoms with Gasteiger partial charge in [-0.1, -0.05) is 13.8 Å². The standard InChI is InChI=1S/C17H28N6O2S/c1-12(2)11-22-14(4)16(13(3)20-22)26(24,25)23-9-6-18-10-15(23)17-19-7-8-21(17)5/h7-8,12,15,18H,6,9-11H2,1-5H3. The van der Waals surface area contributed by atoms with Gasteiger partial charge in [0.15, 0.2) is 0 Å². The summed E-state index contributed by atoms with van der Waals surface area (Å²) >= 11 is 0. The minimum Gasteiger partial charge on any atom is -0.337 e. The summed E-state index contributed by atoms with van der Waals surface area (Å²) in [6, 6.07) is -0.332. The summed E-state index contributed by atoms with van der Waals surface area (Å²) in [6.07, 6.45) is 3.54. The third-order valence-corrected chi connectivity index (χ3v) is 6.93. The summed E-state index contributed by atoms with van der Waals surface area (Å²) in [5.74, 6) is 1.13. The molecule has 0 spiro atoms. The van der Waals surface area contributed by atoms with Crippen molar-refractivity contribution in [2.45, 2.75) is 45.2 Å². The van der Waals surface area contributed by atoms with Crippen molar-refractivity contribution in [3.05, 3.63) is 29.6 Å². The Morgan fingerprint density at radius 2 is 2.08 bits per heavy atom. The number of aromatic nitrogens is 4. The second kappa shape index (κ2) is 7.13. The second-order valence-electron chi connectivity index (χ2n) is 7.31. The van der Waals surface area contributed by atoms with E-state index in [0.29, 0.717) is 48.4 Å². The number of aryl methyl sites for hydroxylation is 2. The molecule has 9 heteroatoms. The molecule has 1 unspecified atom stereocenters. The fourth-order valence-electron chi connectivity index (χ4n) is 3.59. The minimum absolute atomic E-state index is 0.332. The van der Waals surface area contributed by atoms with Gasteiger partial charge in [-0.25, -0.2) is 13.4 Å². The van der Waals surface area contributed by atoms with Crippen LogP contribution in [0.4, 0.5) is 0 Å². The molecule has 1 aliphatic rings. The summed E-state index contributed by atoms with van der Waals surface area (Å²) < 4.78 is 32.4. The molecule has 0 bridgehead atoms. The Balaban J connectivity index is 2.04. The van der Waals surface area contributed by atoms with Gasteiger partial charge in [0.05, 0.1) is 17.4 Å². The molecular formula is C17H28N6O2S. The van der Waals surface area contributed by atoms with Crippen molar-refractivity contribution < 1.29 is 8.42 Å². The Labute approximate surface area is 155 Å². The Morgan fingerprint density at radius 1 is 1.35 bits per heavy atom. The van der Waals surface area contributed by atoms with Crippen LogP contribution in [0.2, 0.25) is 0 Å². The molecular weight excluding hydrogens is 352 g/mol. The van der Waals surface area contributed by atoms with Gasteiger partial charge in [-0.05, 0) is 19.8 Å². The third kappa shape index (κ3) is 3.30. The lowest BCUT2D eigenvalue weighted by molar-refractivity contribution is 0.258. The first-order chi connectivity index (χ1) is 12.2. The summed E-state index contributed by atoms with van der Waals surface area (Å²) in [5.41, 5.74) is 1.26. The first-order valence-electron chi connectivity index (χ1n) is 8.97. The summed E-state index contributed by atoms with van der Waals surface area (Å²) in [4.78, 5) is 4.71. The van der Waals surface area contributed by atoms with E-state index < -0.39 is 10.0 Å². The minimum atomic E-state index is -3.67. The lowest BCUT2D eigenvalue weighted by Gasteiger charge is -2.34. The third-order valence-electron chi connectivity index (χ3n) is 4.77. The van der Waals surface area contributed by atoms with Crippen LogP contribution in [0.15, 0.2) is 17.3 Å². The van der Waals surface area contributed by atoms with Gasteiger partial charge in [0.1, 0.15) is 10.7 Å². The zero-order valence-electron chi connectivity index (χ0n) is 16.1. The molecule has 26 heavy (non-hydrogen) atoms. The highest BCUT2D eigenvalue weighted by atomic mass is 32.2. The number of hydrogen-bond donors (Lipinski definition) is 1. The van der Waals surface area contributed by atoms with Crippen molar-refractivity contribution in [2.24, 2.45) is 13.0 Å². The molecule has 1 atom stereocenters. The maximum Gasteiger partial charge on any atom is 0.247 e. The highest BCUT2D eigenvalue weighted by molar-refractivity contribution is 7.89. The van der Waals surface area contributed by atoms with Crippen LogP contribution in [0.25, 0.3) is 0 Å². The van der Waals surface area contributed by atoms with Crippen molar-refractivity contribution in [1.82, 2.24) is 29.0 Å². The highest BCUT2D eigenvalue weighted by Crippen LogP contribution is 2.31. The lowest BCUT2D eigenvalue weighted by Crippen LogP contribution is -2.49. The Kier molecular flexibility index (Phi) is 5.23. The summed E-state index contributed by atoms with van der Waals surface area (Å²) in [5, 5.41) is 7.78. The number of rotatable bonds is 5. The van der Waals surface area contributed by atoms with Gasteiger partial charge < -0.3 is 9.88 Å².